The molecule has 2 N–H and O–H groups in total. The molecule has 138 valence electrons. The third kappa shape index (κ3) is 3.53. The highest BCUT2D eigenvalue weighted by Gasteiger charge is 2.30. The Bertz CT molecular complexity index is 867. The maximum atomic E-state index is 13.8. The minimum atomic E-state index is -2.41. The number of hydrogen-bond acceptors (Lipinski definition) is 6. The molecule has 0 amide bonds. The van der Waals surface area contributed by atoms with Crippen LogP contribution >= 0.6 is 0 Å². The number of carbonyl (C=O) groups is 1. The van der Waals surface area contributed by atoms with Crippen LogP contribution in [-0.2, 0) is 9.53 Å². The van der Waals surface area contributed by atoms with E-state index in [1.807, 2.05) is 0 Å². The smallest absolute Gasteiger partial charge is 0.343 e. The number of nitrogens with zero attached hydrogens (tertiary/aromatic N) is 3. The van der Waals surface area contributed by atoms with Crippen LogP contribution in [-0.4, -0.2) is 39.1 Å². The molecule has 0 fully saturated rings. The number of aliphatic hydroxyl groups is 1. The van der Waals surface area contributed by atoms with E-state index in [2.05, 4.69) is 24.9 Å². The summed E-state index contributed by atoms with van der Waals surface area (Å²) in [5.41, 5.74) is -2.67. The molecule has 0 aliphatic heterocycles. The van der Waals surface area contributed by atoms with Crippen LogP contribution in [0.2, 0.25) is 0 Å². The van der Waals surface area contributed by atoms with Crippen molar-refractivity contribution in [3.63, 3.8) is 0 Å². The second kappa shape index (κ2) is 7.72. The molecule has 12 heteroatoms. The number of nitrogens with one attached hydrogen (secondary N) is 1. The van der Waals surface area contributed by atoms with Crippen molar-refractivity contribution in [2.75, 3.05) is 6.61 Å². The van der Waals surface area contributed by atoms with Gasteiger partial charge >= 0.3 is 5.97 Å². The number of H-pyrrole nitrogens is 1. The van der Waals surface area contributed by atoms with Crippen LogP contribution < -0.4 is 0 Å². The summed E-state index contributed by atoms with van der Waals surface area (Å²) in [6.45, 7) is 1.18. The quantitative estimate of drug-likeness (QED) is 0.159. The van der Waals surface area contributed by atoms with Crippen LogP contribution in [0.4, 0.5) is 27.9 Å². The summed E-state index contributed by atoms with van der Waals surface area (Å²) in [6.07, 6.45) is 1.62. The summed E-state index contributed by atoms with van der Waals surface area (Å²) < 4.78 is 72.0. The molecule has 0 aliphatic rings. The van der Waals surface area contributed by atoms with E-state index in [0.29, 0.717) is 6.21 Å². The number of hydrogen-bond donors (Lipinski definition) is 2. The zero-order valence-corrected chi connectivity index (χ0v) is 12.9. The van der Waals surface area contributed by atoms with Crippen LogP contribution in [0.15, 0.2) is 16.9 Å². The molecule has 0 radical (unpaired) electrons. The first-order chi connectivity index (χ1) is 12.3. The molecule has 7 nitrogen and oxygen atoms in total. The van der Waals surface area contributed by atoms with Gasteiger partial charge in [0.25, 0.3) is 0 Å². The molecule has 0 atom stereocenters. The van der Waals surface area contributed by atoms with Gasteiger partial charge in [0.2, 0.25) is 11.8 Å². The first-order valence-corrected chi connectivity index (χ1v) is 6.81. The Morgan fingerprint density at radius 3 is 2.27 bits per heavy atom. The Morgan fingerprint density at radius 1 is 1.19 bits per heavy atom. The molecule has 1 aromatic carbocycles. The molecular formula is C14H9F5N4O3. The van der Waals surface area contributed by atoms with E-state index in [-0.39, 0.29) is 12.6 Å². The summed E-state index contributed by atoms with van der Waals surface area (Å²) in [5.74, 6) is -14.7. The van der Waals surface area contributed by atoms with E-state index >= 15 is 0 Å². The first kappa shape index (κ1) is 19.0. The monoisotopic (exact) mass is 376 g/mol. The number of esters is 1. The predicted molar refractivity (Wildman–Crippen MR) is 76.9 cm³/mol. The van der Waals surface area contributed by atoms with Crippen molar-refractivity contribution in [2.45, 2.75) is 6.92 Å². The topological polar surface area (TPSA) is 100 Å². The highest BCUT2D eigenvalue weighted by atomic mass is 19.2. The number of rotatable bonds is 5. The van der Waals surface area contributed by atoms with E-state index in [0.717, 1.165) is 6.33 Å². The van der Waals surface area contributed by atoms with Crippen molar-refractivity contribution in [2.24, 2.45) is 4.99 Å². The van der Waals surface area contributed by atoms with Crippen molar-refractivity contribution in [3.8, 4) is 0 Å². The molecule has 2 rings (SSSR count). The van der Waals surface area contributed by atoms with E-state index in [4.69, 9.17) is 0 Å². The van der Waals surface area contributed by atoms with Gasteiger partial charge in [-0.25, -0.2) is 36.8 Å². The molecule has 0 spiro atoms. The molecular weight excluding hydrogens is 367 g/mol. The summed E-state index contributed by atoms with van der Waals surface area (Å²) >= 11 is 0. The Balaban J connectivity index is 2.68. The molecule has 0 saturated heterocycles. The summed E-state index contributed by atoms with van der Waals surface area (Å²) in [6, 6.07) is 0. The van der Waals surface area contributed by atoms with E-state index < -0.39 is 52.0 Å². The van der Waals surface area contributed by atoms with E-state index in [1.165, 1.54) is 6.92 Å². The third-order valence-corrected chi connectivity index (χ3v) is 2.92. The van der Waals surface area contributed by atoms with E-state index in [1.54, 1.807) is 0 Å². The average Bonchev–Trinajstić information content (AvgIpc) is 3.12. The zero-order valence-electron chi connectivity index (χ0n) is 12.9. The van der Waals surface area contributed by atoms with Gasteiger partial charge in [-0.2, -0.15) is 10.1 Å². The first-order valence-electron chi connectivity index (χ1n) is 6.81. The average molecular weight is 376 g/mol. The Labute approximate surface area is 141 Å². The number of aliphatic imine (C=N–C) groups is 1. The number of aromatic amines is 1. The summed E-state index contributed by atoms with van der Waals surface area (Å²) in [5, 5.41) is 15.7. The van der Waals surface area contributed by atoms with Crippen LogP contribution in [0.25, 0.3) is 5.76 Å². The number of ether oxygens (including phenoxy) is 1. The lowest BCUT2D eigenvalue weighted by molar-refractivity contribution is -0.137. The maximum Gasteiger partial charge on any atom is 0.343 e. The van der Waals surface area contributed by atoms with E-state index in [9.17, 15) is 31.9 Å². The second-order valence-corrected chi connectivity index (χ2v) is 4.49. The lowest BCUT2D eigenvalue weighted by Crippen LogP contribution is -2.14. The number of benzene rings is 1. The molecule has 1 aromatic heterocycles. The Kier molecular flexibility index (Phi) is 5.64. The summed E-state index contributed by atoms with van der Waals surface area (Å²) in [4.78, 5) is 19.0. The minimum Gasteiger partial charge on any atom is -0.506 e. The van der Waals surface area contributed by atoms with Crippen molar-refractivity contribution in [1.29, 1.82) is 0 Å². The fourth-order valence-corrected chi connectivity index (χ4v) is 1.75. The fraction of sp³-hybridized carbons (Fsp3) is 0.143. The van der Waals surface area contributed by atoms with Gasteiger partial charge in [-0.3, -0.25) is 0 Å². The van der Waals surface area contributed by atoms with Crippen LogP contribution in [0.3, 0.4) is 0 Å². The third-order valence-electron chi connectivity index (χ3n) is 2.92. The fourth-order valence-electron chi connectivity index (χ4n) is 1.75. The predicted octanol–water partition coefficient (Wildman–Crippen LogP) is 2.73. The van der Waals surface area contributed by atoms with Gasteiger partial charge in [0.05, 0.1) is 12.2 Å². The highest BCUT2D eigenvalue weighted by Crippen LogP contribution is 2.29. The van der Waals surface area contributed by atoms with Crippen molar-refractivity contribution in [3.05, 3.63) is 46.5 Å². The van der Waals surface area contributed by atoms with Crippen LogP contribution in [0, 0.1) is 29.1 Å². The SMILES string of the molecule is CCOC(=O)C(/C=N/c1ncn[nH]1)=C(\O)c1c(F)c(F)c(F)c(F)c1F. The van der Waals surface area contributed by atoms with Crippen LogP contribution in [0.1, 0.15) is 12.5 Å². The molecule has 2 aromatic rings. The number of aliphatic hydroxyl groups excluding tert-OH is 1. The van der Waals surface area contributed by atoms with Gasteiger partial charge in [0, 0.05) is 6.21 Å². The summed E-state index contributed by atoms with van der Waals surface area (Å²) in [7, 11) is 0. The molecule has 26 heavy (non-hydrogen) atoms. The van der Waals surface area contributed by atoms with Crippen molar-refractivity contribution >= 4 is 23.9 Å². The van der Waals surface area contributed by atoms with Crippen LogP contribution in [0.5, 0.6) is 0 Å². The molecule has 0 aliphatic carbocycles. The largest absolute Gasteiger partial charge is 0.506 e. The lowest BCUT2D eigenvalue weighted by Gasteiger charge is -2.10. The Hall–Kier alpha value is -3.31. The molecule has 1 heterocycles. The number of carbonyl (C=O) groups excluding carboxylic acids is 1. The lowest BCUT2D eigenvalue weighted by atomic mass is 10.1. The number of aromatic nitrogens is 3. The van der Waals surface area contributed by atoms with Gasteiger partial charge in [0.1, 0.15) is 17.7 Å². The minimum absolute atomic E-state index is 0.169. The second-order valence-electron chi connectivity index (χ2n) is 4.49. The highest BCUT2D eigenvalue weighted by molar-refractivity contribution is 6.15. The molecule has 0 unspecified atom stereocenters. The normalized spacial score (nSPS) is 12.4. The zero-order chi connectivity index (χ0) is 19.4. The standard InChI is InChI=1S/C14H9F5N4O3/c1-2-26-13(25)5(3-20-14-21-4-22-23-14)12(24)6-7(15)9(17)11(19)10(18)8(6)16/h3-4,24H,2H2,1H3,(H,21,22,23)/b12-5-,20-3+. The van der Waals surface area contributed by atoms with Gasteiger partial charge < -0.3 is 9.84 Å². The van der Waals surface area contributed by atoms with Gasteiger partial charge in [-0.1, -0.05) is 0 Å². The van der Waals surface area contributed by atoms with Gasteiger partial charge in [-0.15, -0.1) is 0 Å². The van der Waals surface area contributed by atoms with Gasteiger partial charge in [0.15, 0.2) is 23.3 Å². The Morgan fingerprint density at radius 2 is 1.77 bits per heavy atom. The van der Waals surface area contributed by atoms with Gasteiger partial charge in [-0.05, 0) is 6.92 Å². The van der Waals surface area contributed by atoms with Crippen molar-refractivity contribution < 1.29 is 36.6 Å². The maximum absolute atomic E-state index is 13.8. The van der Waals surface area contributed by atoms with Crippen molar-refractivity contribution in [1.82, 2.24) is 15.2 Å². The molecule has 0 bridgehead atoms. The number of halogens is 5. The molecule has 0 saturated carbocycles.